The van der Waals surface area contributed by atoms with Gasteiger partial charge in [-0.3, -0.25) is 4.79 Å². The molecule has 0 saturated carbocycles. The van der Waals surface area contributed by atoms with Crippen molar-refractivity contribution in [2.45, 2.75) is 24.0 Å². The second-order valence-corrected chi connectivity index (χ2v) is 7.68. The SMILES string of the molecule is Cc1cccc(-n2cc(C(=O)N3C[C@@H](C)Sc4ccccc43)nn2)c1. The number of para-hydroxylation sites is 1. The predicted octanol–water partition coefficient (Wildman–Crippen LogP) is 3.72. The normalized spacial score (nSPS) is 16.6. The van der Waals surface area contributed by atoms with Gasteiger partial charge in [-0.1, -0.05) is 36.4 Å². The van der Waals surface area contributed by atoms with Crippen LogP contribution in [-0.2, 0) is 0 Å². The number of amides is 1. The lowest BCUT2D eigenvalue weighted by molar-refractivity contribution is 0.0981. The Morgan fingerprint density at radius 3 is 2.88 bits per heavy atom. The highest BCUT2D eigenvalue weighted by Gasteiger charge is 2.29. The van der Waals surface area contributed by atoms with Crippen LogP contribution < -0.4 is 4.90 Å². The lowest BCUT2D eigenvalue weighted by Gasteiger charge is -2.32. The number of thioether (sulfide) groups is 1. The second-order valence-electron chi connectivity index (χ2n) is 6.20. The molecule has 1 aliphatic rings. The van der Waals surface area contributed by atoms with Crippen LogP contribution in [0.4, 0.5) is 5.69 Å². The molecule has 0 unspecified atom stereocenters. The molecular formula is C19H18N4OS. The highest BCUT2D eigenvalue weighted by Crippen LogP contribution is 2.38. The molecular weight excluding hydrogens is 332 g/mol. The molecule has 0 aliphatic carbocycles. The van der Waals surface area contributed by atoms with Crippen LogP contribution >= 0.6 is 11.8 Å². The molecule has 0 fully saturated rings. The van der Waals surface area contributed by atoms with Gasteiger partial charge in [0.1, 0.15) is 0 Å². The molecule has 1 amide bonds. The summed E-state index contributed by atoms with van der Waals surface area (Å²) in [7, 11) is 0. The quantitative estimate of drug-likeness (QED) is 0.707. The van der Waals surface area contributed by atoms with Gasteiger partial charge in [0.25, 0.3) is 5.91 Å². The Bertz CT molecular complexity index is 936. The van der Waals surface area contributed by atoms with E-state index >= 15 is 0 Å². The summed E-state index contributed by atoms with van der Waals surface area (Å²) in [5, 5.41) is 8.58. The topological polar surface area (TPSA) is 51.0 Å². The Morgan fingerprint density at radius 2 is 2.04 bits per heavy atom. The zero-order valence-electron chi connectivity index (χ0n) is 14.1. The van der Waals surface area contributed by atoms with Crippen LogP contribution in [0.1, 0.15) is 23.0 Å². The summed E-state index contributed by atoms with van der Waals surface area (Å²) in [4.78, 5) is 16.0. The third-order valence-corrected chi connectivity index (χ3v) is 5.30. The molecule has 3 aromatic rings. The van der Waals surface area contributed by atoms with Crippen LogP contribution in [0.2, 0.25) is 0 Å². The van der Waals surface area contributed by atoms with Crippen molar-refractivity contribution in [2.24, 2.45) is 0 Å². The van der Waals surface area contributed by atoms with E-state index in [0.717, 1.165) is 21.8 Å². The molecule has 0 radical (unpaired) electrons. The number of aromatic nitrogens is 3. The Kier molecular flexibility index (Phi) is 4.05. The molecule has 2 aromatic carbocycles. The van der Waals surface area contributed by atoms with Crippen molar-refractivity contribution in [1.29, 1.82) is 0 Å². The number of carbonyl (C=O) groups excluding carboxylic acids is 1. The molecule has 6 heteroatoms. The smallest absolute Gasteiger partial charge is 0.280 e. The monoisotopic (exact) mass is 350 g/mol. The van der Waals surface area contributed by atoms with Crippen molar-refractivity contribution in [1.82, 2.24) is 15.0 Å². The van der Waals surface area contributed by atoms with Crippen molar-refractivity contribution in [2.75, 3.05) is 11.4 Å². The second kappa shape index (κ2) is 6.37. The van der Waals surface area contributed by atoms with Crippen LogP contribution in [0.15, 0.2) is 59.6 Å². The Hall–Kier alpha value is -2.60. The van der Waals surface area contributed by atoms with Gasteiger partial charge in [-0.15, -0.1) is 16.9 Å². The van der Waals surface area contributed by atoms with Crippen molar-refractivity contribution in [3.63, 3.8) is 0 Å². The van der Waals surface area contributed by atoms with Gasteiger partial charge in [-0.2, -0.15) is 0 Å². The first kappa shape index (κ1) is 15.9. The molecule has 2 heterocycles. The van der Waals surface area contributed by atoms with E-state index in [9.17, 15) is 4.79 Å². The zero-order chi connectivity index (χ0) is 17.4. The fraction of sp³-hybridized carbons (Fsp3) is 0.211. The average Bonchev–Trinajstić information content (AvgIpc) is 3.10. The van der Waals surface area contributed by atoms with E-state index in [0.29, 0.717) is 17.5 Å². The fourth-order valence-electron chi connectivity index (χ4n) is 2.98. The zero-order valence-corrected chi connectivity index (χ0v) is 14.9. The van der Waals surface area contributed by atoms with Gasteiger partial charge < -0.3 is 4.90 Å². The average molecular weight is 350 g/mol. The fourth-order valence-corrected chi connectivity index (χ4v) is 4.09. The van der Waals surface area contributed by atoms with Gasteiger partial charge in [0, 0.05) is 16.7 Å². The minimum atomic E-state index is -0.112. The molecule has 0 saturated heterocycles. The van der Waals surface area contributed by atoms with Gasteiger partial charge in [-0.05, 0) is 36.8 Å². The van der Waals surface area contributed by atoms with Crippen molar-refractivity contribution < 1.29 is 4.79 Å². The number of nitrogens with zero attached hydrogens (tertiary/aromatic N) is 4. The van der Waals surface area contributed by atoms with Gasteiger partial charge in [0.2, 0.25) is 0 Å². The Morgan fingerprint density at radius 1 is 1.20 bits per heavy atom. The third-order valence-electron chi connectivity index (χ3n) is 4.15. The van der Waals surface area contributed by atoms with E-state index < -0.39 is 0 Å². The number of rotatable bonds is 2. The van der Waals surface area contributed by atoms with Crippen molar-refractivity contribution in [3.05, 3.63) is 66.0 Å². The summed E-state index contributed by atoms with van der Waals surface area (Å²) in [6, 6.07) is 15.9. The minimum absolute atomic E-state index is 0.112. The van der Waals surface area contributed by atoms with E-state index in [2.05, 4.69) is 23.3 Å². The lowest BCUT2D eigenvalue weighted by Crippen LogP contribution is -2.38. The van der Waals surface area contributed by atoms with Crippen LogP contribution in [0.25, 0.3) is 5.69 Å². The molecule has 25 heavy (non-hydrogen) atoms. The minimum Gasteiger partial charge on any atom is -0.305 e. The van der Waals surface area contributed by atoms with Gasteiger partial charge >= 0.3 is 0 Å². The van der Waals surface area contributed by atoms with Crippen LogP contribution in [0, 0.1) is 6.92 Å². The van der Waals surface area contributed by atoms with Crippen molar-refractivity contribution in [3.8, 4) is 5.69 Å². The third kappa shape index (κ3) is 3.05. The number of aryl methyl sites for hydroxylation is 1. The first-order valence-electron chi connectivity index (χ1n) is 8.19. The van der Waals surface area contributed by atoms with E-state index in [1.54, 1.807) is 27.5 Å². The van der Waals surface area contributed by atoms with E-state index in [1.807, 2.05) is 49.4 Å². The largest absolute Gasteiger partial charge is 0.305 e. The highest BCUT2D eigenvalue weighted by molar-refractivity contribution is 8.00. The maximum absolute atomic E-state index is 13.0. The van der Waals surface area contributed by atoms with Crippen LogP contribution in [0.5, 0.6) is 0 Å². The number of fused-ring (bicyclic) bond motifs is 1. The Labute approximate surface area is 150 Å². The summed E-state index contributed by atoms with van der Waals surface area (Å²) in [6.07, 6.45) is 1.70. The first-order chi connectivity index (χ1) is 12.1. The maximum Gasteiger partial charge on any atom is 0.280 e. The lowest BCUT2D eigenvalue weighted by atomic mass is 10.2. The van der Waals surface area contributed by atoms with Gasteiger partial charge in [-0.25, -0.2) is 4.68 Å². The van der Waals surface area contributed by atoms with E-state index in [4.69, 9.17) is 0 Å². The first-order valence-corrected chi connectivity index (χ1v) is 9.07. The van der Waals surface area contributed by atoms with Crippen LogP contribution in [-0.4, -0.2) is 32.7 Å². The summed E-state index contributed by atoms with van der Waals surface area (Å²) < 4.78 is 1.65. The number of hydrogen-bond donors (Lipinski definition) is 0. The maximum atomic E-state index is 13.0. The molecule has 5 nitrogen and oxygen atoms in total. The molecule has 126 valence electrons. The molecule has 0 bridgehead atoms. The molecule has 4 rings (SSSR count). The summed E-state index contributed by atoms with van der Waals surface area (Å²) in [5.74, 6) is -0.112. The van der Waals surface area contributed by atoms with E-state index in [1.165, 1.54) is 0 Å². The van der Waals surface area contributed by atoms with Gasteiger partial charge in [0.15, 0.2) is 5.69 Å². The summed E-state index contributed by atoms with van der Waals surface area (Å²) in [6.45, 7) is 4.82. The molecule has 0 N–H and O–H groups in total. The highest BCUT2D eigenvalue weighted by atomic mass is 32.2. The molecule has 1 aliphatic heterocycles. The molecule has 1 aromatic heterocycles. The number of carbonyl (C=O) groups is 1. The number of benzene rings is 2. The molecule has 0 spiro atoms. The van der Waals surface area contributed by atoms with Gasteiger partial charge in [0.05, 0.1) is 17.6 Å². The van der Waals surface area contributed by atoms with E-state index in [-0.39, 0.29) is 5.91 Å². The summed E-state index contributed by atoms with van der Waals surface area (Å²) >= 11 is 1.80. The number of anilines is 1. The van der Waals surface area contributed by atoms with Crippen LogP contribution in [0.3, 0.4) is 0 Å². The number of hydrogen-bond acceptors (Lipinski definition) is 4. The standard InChI is InChI=1S/C19H18N4OS/c1-13-6-5-7-15(10-13)23-12-16(20-21-23)19(24)22-11-14(2)25-18-9-4-3-8-17(18)22/h3-10,12,14H,11H2,1-2H3/t14-/m1/s1. The predicted molar refractivity (Wildman–Crippen MR) is 99.5 cm³/mol. The Balaban J connectivity index is 1.66. The molecule has 1 atom stereocenters. The summed E-state index contributed by atoms with van der Waals surface area (Å²) in [5.41, 5.74) is 3.34. The van der Waals surface area contributed by atoms with Crippen molar-refractivity contribution >= 4 is 23.4 Å².